The number of carboxylic acid groups (broad SMARTS) is 1. The van der Waals surface area contributed by atoms with Crippen LogP contribution in [0.25, 0.3) is 0 Å². The second-order valence-electron chi connectivity index (χ2n) is 3.95. The Hall–Kier alpha value is -1.62. The number of ether oxygens (including phenoxy) is 1. The highest BCUT2D eigenvalue weighted by Gasteiger charge is 2.23. The van der Waals surface area contributed by atoms with Gasteiger partial charge in [0.2, 0.25) is 0 Å². The molecule has 0 heterocycles. The van der Waals surface area contributed by atoms with E-state index in [1.165, 1.54) is 0 Å². The molecule has 20 heavy (non-hydrogen) atoms. The summed E-state index contributed by atoms with van der Waals surface area (Å²) in [6.07, 6.45) is 5.72. The molecule has 0 saturated heterocycles. The summed E-state index contributed by atoms with van der Waals surface area (Å²) in [5.74, 6) is -0.833. The number of aliphatic carboxylic acids is 1. The fourth-order valence-corrected chi connectivity index (χ4v) is 0.679. The first-order valence-corrected chi connectivity index (χ1v) is 6.61. The Morgan fingerprint density at radius 2 is 1.80 bits per heavy atom. The molecule has 0 aliphatic rings. The highest BCUT2D eigenvalue weighted by atomic mass is 16.5. The van der Waals surface area contributed by atoms with E-state index in [2.05, 4.69) is 10.1 Å². The molecule has 0 rings (SSSR count). The summed E-state index contributed by atoms with van der Waals surface area (Å²) in [4.78, 5) is 19.9. The van der Waals surface area contributed by atoms with Crippen molar-refractivity contribution in [1.29, 1.82) is 0 Å². The van der Waals surface area contributed by atoms with Crippen LogP contribution >= 0.6 is 0 Å². The maximum atomic E-state index is 10.2. The van der Waals surface area contributed by atoms with Crippen molar-refractivity contribution in [3.05, 3.63) is 23.8 Å². The second-order valence-corrected chi connectivity index (χ2v) is 3.95. The fraction of sp³-hybridized carbons (Fsp3) is 0.600. The van der Waals surface area contributed by atoms with Gasteiger partial charge in [-0.05, 0) is 40.3 Å². The number of allylic oxidation sites excluding steroid dienone is 2. The van der Waals surface area contributed by atoms with Crippen molar-refractivity contribution >= 4 is 12.4 Å². The SMILES string of the molecule is C/C=C\C(=C/C)COC=O.CC.CNC(C)(C)C(=O)O. The topological polar surface area (TPSA) is 75.6 Å². The van der Waals surface area contributed by atoms with E-state index < -0.39 is 11.5 Å². The first-order valence-electron chi connectivity index (χ1n) is 6.61. The number of hydrogen-bond donors (Lipinski definition) is 2. The van der Waals surface area contributed by atoms with E-state index in [1.54, 1.807) is 20.9 Å². The van der Waals surface area contributed by atoms with Crippen LogP contribution in [0.1, 0.15) is 41.5 Å². The number of carbonyl (C=O) groups is 2. The molecule has 5 nitrogen and oxygen atoms in total. The Labute approximate surface area is 122 Å². The van der Waals surface area contributed by atoms with Crippen molar-refractivity contribution in [3.63, 3.8) is 0 Å². The Morgan fingerprint density at radius 3 is 2.00 bits per heavy atom. The highest BCUT2D eigenvalue weighted by Crippen LogP contribution is 1.98. The van der Waals surface area contributed by atoms with Crippen LogP contribution in [0.3, 0.4) is 0 Å². The van der Waals surface area contributed by atoms with E-state index >= 15 is 0 Å². The zero-order valence-electron chi connectivity index (χ0n) is 13.7. The summed E-state index contributed by atoms with van der Waals surface area (Å²) in [6.45, 7) is 11.9. The maximum absolute atomic E-state index is 10.2. The van der Waals surface area contributed by atoms with Gasteiger partial charge in [0.15, 0.2) is 0 Å². The standard InChI is InChI=1S/C8H12O2.C5H11NO2.C2H6/c1-3-5-8(4-2)6-10-7-9;1-5(2,6-3)4(7)8;1-2/h3-5,7H,6H2,1-2H3;6H,1-3H3,(H,7,8);1-2H3/b5-3-,8-4+;;. The number of carbonyl (C=O) groups excluding carboxylic acids is 1. The largest absolute Gasteiger partial charge is 0.480 e. The molecule has 0 bridgehead atoms. The van der Waals surface area contributed by atoms with Gasteiger partial charge in [-0.2, -0.15) is 0 Å². The van der Waals surface area contributed by atoms with Crippen molar-refractivity contribution in [2.75, 3.05) is 13.7 Å². The zero-order chi connectivity index (χ0) is 16.6. The van der Waals surface area contributed by atoms with Crippen LogP contribution in [0.15, 0.2) is 23.8 Å². The number of carboxylic acids is 1. The minimum Gasteiger partial charge on any atom is -0.480 e. The molecule has 0 spiro atoms. The van der Waals surface area contributed by atoms with Gasteiger partial charge < -0.3 is 15.2 Å². The first-order chi connectivity index (χ1) is 9.35. The van der Waals surface area contributed by atoms with Crippen molar-refractivity contribution < 1.29 is 19.4 Å². The Bertz CT molecular complexity index is 307. The van der Waals surface area contributed by atoms with E-state index in [-0.39, 0.29) is 0 Å². The average molecular weight is 287 g/mol. The van der Waals surface area contributed by atoms with Crippen LogP contribution < -0.4 is 5.32 Å². The maximum Gasteiger partial charge on any atom is 0.323 e. The summed E-state index contributed by atoms with van der Waals surface area (Å²) in [6, 6.07) is 0. The molecule has 0 aromatic heterocycles. The molecule has 0 amide bonds. The smallest absolute Gasteiger partial charge is 0.323 e. The van der Waals surface area contributed by atoms with E-state index in [0.717, 1.165) is 5.57 Å². The molecular weight excluding hydrogens is 258 g/mol. The predicted molar refractivity (Wildman–Crippen MR) is 82.7 cm³/mol. The van der Waals surface area contributed by atoms with Gasteiger partial charge in [0.25, 0.3) is 6.47 Å². The summed E-state index contributed by atoms with van der Waals surface area (Å²) in [5.41, 5.74) is 0.217. The van der Waals surface area contributed by atoms with Gasteiger partial charge in [-0.1, -0.05) is 32.1 Å². The van der Waals surface area contributed by atoms with E-state index in [0.29, 0.717) is 13.1 Å². The van der Waals surface area contributed by atoms with Crippen LogP contribution in [0.4, 0.5) is 0 Å². The van der Waals surface area contributed by atoms with Gasteiger partial charge in [0.05, 0.1) is 0 Å². The lowest BCUT2D eigenvalue weighted by atomic mass is 10.1. The third-order valence-electron chi connectivity index (χ3n) is 2.23. The number of likely N-dealkylation sites (N-methyl/N-ethyl adjacent to an activating group) is 1. The Kier molecular flexibility index (Phi) is 18.1. The molecule has 0 aliphatic carbocycles. The molecule has 0 unspecified atom stereocenters. The van der Waals surface area contributed by atoms with Gasteiger partial charge in [0.1, 0.15) is 12.1 Å². The molecule has 0 saturated carbocycles. The lowest BCUT2D eigenvalue weighted by Crippen LogP contribution is -2.44. The van der Waals surface area contributed by atoms with Crippen molar-refractivity contribution in [3.8, 4) is 0 Å². The molecule has 0 radical (unpaired) electrons. The van der Waals surface area contributed by atoms with E-state index in [4.69, 9.17) is 5.11 Å². The van der Waals surface area contributed by atoms with E-state index in [1.807, 2.05) is 45.9 Å². The van der Waals surface area contributed by atoms with Gasteiger partial charge in [-0.25, -0.2) is 0 Å². The first kappa shape index (κ1) is 23.5. The second kappa shape index (κ2) is 15.4. The van der Waals surface area contributed by atoms with Crippen molar-refractivity contribution in [1.82, 2.24) is 5.32 Å². The van der Waals surface area contributed by atoms with Crippen LogP contribution in [-0.4, -0.2) is 36.7 Å². The minimum absolute atomic E-state index is 0.365. The quantitative estimate of drug-likeness (QED) is 0.580. The number of nitrogens with one attached hydrogen (secondary N) is 1. The molecule has 2 N–H and O–H groups in total. The molecule has 0 aliphatic heterocycles. The van der Waals surface area contributed by atoms with Crippen LogP contribution in [-0.2, 0) is 14.3 Å². The van der Waals surface area contributed by atoms with E-state index in [9.17, 15) is 9.59 Å². The van der Waals surface area contributed by atoms with Crippen molar-refractivity contribution in [2.45, 2.75) is 47.1 Å². The van der Waals surface area contributed by atoms with Crippen LogP contribution in [0.5, 0.6) is 0 Å². The number of hydrogen-bond acceptors (Lipinski definition) is 4. The molecule has 118 valence electrons. The number of rotatable bonds is 6. The van der Waals surface area contributed by atoms with Gasteiger partial charge in [-0.15, -0.1) is 0 Å². The molecule has 0 aromatic rings. The Morgan fingerprint density at radius 1 is 1.30 bits per heavy atom. The third kappa shape index (κ3) is 14.4. The fourth-order valence-electron chi connectivity index (χ4n) is 0.679. The zero-order valence-corrected chi connectivity index (χ0v) is 13.7. The lowest BCUT2D eigenvalue weighted by Gasteiger charge is -2.16. The molecular formula is C15H29NO4. The van der Waals surface area contributed by atoms with Crippen molar-refractivity contribution in [2.24, 2.45) is 0 Å². The summed E-state index contributed by atoms with van der Waals surface area (Å²) >= 11 is 0. The van der Waals surface area contributed by atoms with Gasteiger partial charge in [-0.3, -0.25) is 9.59 Å². The Balaban J connectivity index is -0.000000262. The van der Waals surface area contributed by atoms with Gasteiger partial charge in [0, 0.05) is 0 Å². The predicted octanol–water partition coefficient (Wildman–Crippen LogP) is 2.78. The minimum atomic E-state index is -0.833. The molecule has 0 aromatic carbocycles. The highest BCUT2D eigenvalue weighted by molar-refractivity contribution is 5.77. The third-order valence-corrected chi connectivity index (χ3v) is 2.23. The molecule has 0 atom stereocenters. The summed E-state index contributed by atoms with van der Waals surface area (Å²) < 4.78 is 4.54. The summed E-state index contributed by atoms with van der Waals surface area (Å²) in [5, 5.41) is 11.0. The lowest BCUT2D eigenvalue weighted by molar-refractivity contribution is -0.143. The van der Waals surface area contributed by atoms with Gasteiger partial charge >= 0.3 is 5.97 Å². The van der Waals surface area contributed by atoms with Crippen LogP contribution in [0.2, 0.25) is 0 Å². The summed E-state index contributed by atoms with van der Waals surface area (Å²) in [7, 11) is 1.62. The monoisotopic (exact) mass is 287 g/mol. The average Bonchev–Trinajstić information content (AvgIpc) is 2.46. The normalized spacial score (nSPS) is 10.8. The molecule has 0 fully saturated rings. The molecule has 5 heteroatoms. The van der Waals surface area contributed by atoms with Crippen LogP contribution in [0, 0.1) is 0 Å².